The SMILES string of the molecule is [C-]#[N+]c1c(C(F)(F)F)cc(-c2cccc(C)c2)n(Cc2ccc(OC)cc2)c1=O. The molecule has 29 heavy (non-hydrogen) atoms. The van der Waals surface area contributed by atoms with Gasteiger partial charge in [0.05, 0.1) is 19.2 Å². The summed E-state index contributed by atoms with van der Waals surface area (Å²) in [4.78, 5) is 15.8. The predicted octanol–water partition coefficient (Wildman–Crippen LogP) is 5.45. The van der Waals surface area contributed by atoms with E-state index in [4.69, 9.17) is 11.3 Å². The number of alkyl halides is 3. The van der Waals surface area contributed by atoms with Crippen molar-refractivity contribution in [2.24, 2.45) is 0 Å². The van der Waals surface area contributed by atoms with Crippen molar-refractivity contribution in [3.05, 3.63) is 93.1 Å². The lowest BCUT2D eigenvalue weighted by atomic mass is 10.0. The zero-order valence-electron chi connectivity index (χ0n) is 15.7. The Bertz CT molecular complexity index is 1140. The molecule has 1 aromatic heterocycles. The zero-order chi connectivity index (χ0) is 21.2. The average molecular weight is 398 g/mol. The highest BCUT2D eigenvalue weighted by atomic mass is 19.4. The summed E-state index contributed by atoms with van der Waals surface area (Å²) < 4.78 is 46.9. The number of aromatic nitrogens is 1. The van der Waals surface area contributed by atoms with E-state index in [1.54, 1.807) is 42.5 Å². The van der Waals surface area contributed by atoms with E-state index in [-0.39, 0.29) is 12.2 Å². The third-order valence-electron chi connectivity index (χ3n) is 4.51. The molecule has 0 atom stereocenters. The minimum atomic E-state index is -4.81. The molecule has 0 aliphatic carbocycles. The Morgan fingerprint density at radius 2 is 1.79 bits per heavy atom. The fourth-order valence-electron chi connectivity index (χ4n) is 3.07. The van der Waals surface area contributed by atoms with E-state index in [0.29, 0.717) is 16.9 Å². The molecule has 148 valence electrons. The Balaban J connectivity index is 2.27. The van der Waals surface area contributed by atoms with E-state index in [2.05, 4.69) is 4.85 Å². The van der Waals surface area contributed by atoms with Crippen LogP contribution in [0.4, 0.5) is 18.9 Å². The number of ether oxygens (including phenoxy) is 1. The molecule has 4 nitrogen and oxygen atoms in total. The van der Waals surface area contributed by atoms with E-state index in [1.807, 2.05) is 13.0 Å². The van der Waals surface area contributed by atoms with Gasteiger partial charge in [0, 0.05) is 12.2 Å². The second-order valence-corrected chi connectivity index (χ2v) is 6.51. The first kappa shape index (κ1) is 20.2. The van der Waals surface area contributed by atoms with Crippen LogP contribution < -0.4 is 10.3 Å². The van der Waals surface area contributed by atoms with Crippen LogP contribution >= 0.6 is 0 Å². The second-order valence-electron chi connectivity index (χ2n) is 6.51. The summed E-state index contributed by atoms with van der Waals surface area (Å²) in [7, 11) is 1.52. The van der Waals surface area contributed by atoms with Gasteiger partial charge in [-0.1, -0.05) is 35.9 Å². The van der Waals surface area contributed by atoms with Crippen LogP contribution in [0.25, 0.3) is 16.1 Å². The molecule has 3 rings (SSSR count). The van der Waals surface area contributed by atoms with Crippen LogP contribution in [0.3, 0.4) is 0 Å². The summed E-state index contributed by atoms with van der Waals surface area (Å²) in [6.07, 6.45) is -4.81. The topological polar surface area (TPSA) is 35.6 Å². The van der Waals surface area contributed by atoms with Crippen molar-refractivity contribution in [3.63, 3.8) is 0 Å². The molecule has 0 aliphatic heterocycles. The lowest BCUT2D eigenvalue weighted by molar-refractivity contribution is -0.136. The lowest BCUT2D eigenvalue weighted by Crippen LogP contribution is -2.25. The van der Waals surface area contributed by atoms with E-state index in [0.717, 1.165) is 11.6 Å². The molecule has 0 unspecified atom stereocenters. The largest absolute Gasteiger partial charge is 0.497 e. The summed E-state index contributed by atoms with van der Waals surface area (Å²) in [5.74, 6) is 0.620. The quantitative estimate of drug-likeness (QED) is 0.548. The number of nitrogens with zero attached hydrogens (tertiary/aromatic N) is 2. The standard InChI is InChI=1S/C22H17F3N2O2/c1-14-5-4-6-16(11-14)19-12-18(22(23,24)25)20(26-2)21(28)27(19)13-15-7-9-17(29-3)10-8-15/h4-12H,13H2,1,3H3. The normalized spacial score (nSPS) is 11.2. The van der Waals surface area contributed by atoms with Gasteiger partial charge in [-0.05, 0) is 42.3 Å². The molecule has 3 aromatic rings. The number of halogens is 3. The number of pyridine rings is 1. The van der Waals surface area contributed by atoms with Crippen LogP contribution in [0.2, 0.25) is 0 Å². The summed E-state index contributed by atoms with van der Waals surface area (Å²) in [5, 5.41) is 0. The summed E-state index contributed by atoms with van der Waals surface area (Å²) >= 11 is 0. The van der Waals surface area contributed by atoms with Gasteiger partial charge < -0.3 is 9.30 Å². The molecule has 0 N–H and O–H groups in total. The zero-order valence-corrected chi connectivity index (χ0v) is 15.7. The molecule has 0 saturated heterocycles. The molecular formula is C22H17F3N2O2. The van der Waals surface area contributed by atoms with Gasteiger partial charge in [0.2, 0.25) is 0 Å². The molecule has 1 heterocycles. The Hall–Kier alpha value is -3.53. The van der Waals surface area contributed by atoms with E-state index in [1.165, 1.54) is 11.7 Å². The van der Waals surface area contributed by atoms with Crippen LogP contribution in [0.15, 0.2) is 59.4 Å². The van der Waals surface area contributed by atoms with Gasteiger partial charge in [-0.3, -0.25) is 4.79 Å². The lowest BCUT2D eigenvalue weighted by Gasteiger charge is -2.18. The smallest absolute Gasteiger partial charge is 0.407 e. The first-order valence-corrected chi connectivity index (χ1v) is 8.67. The summed E-state index contributed by atoms with van der Waals surface area (Å²) in [6.45, 7) is 8.97. The van der Waals surface area contributed by atoms with Gasteiger partial charge in [-0.15, -0.1) is 0 Å². The predicted molar refractivity (Wildman–Crippen MR) is 104 cm³/mol. The average Bonchev–Trinajstić information content (AvgIpc) is 2.69. The molecule has 0 radical (unpaired) electrons. The van der Waals surface area contributed by atoms with Gasteiger partial charge in [0.15, 0.2) is 0 Å². The van der Waals surface area contributed by atoms with Crippen molar-refractivity contribution in [1.29, 1.82) is 0 Å². The van der Waals surface area contributed by atoms with Crippen molar-refractivity contribution < 1.29 is 17.9 Å². The molecule has 0 amide bonds. The number of hydrogen-bond acceptors (Lipinski definition) is 2. The molecular weight excluding hydrogens is 381 g/mol. The highest BCUT2D eigenvalue weighted by Gasteiger charge is 2.36. The molecule has 0 aliphatic rings. The maximum absolute atomic E-state index is 13.5. The fourth-order valence-corrected chi connectivity index (χ4v) is 3.07. The molecule has 0 spiro atoms. The van der Waals surface area contributed by atoms with E-state index >= 15 is 0 Å². The van der Waals surface area contributed by atoms with Crippen molar-refractivity contribution in [2.75, 3.05) is 7.11 Å². The Morgan fingerprint density at radius 1 is 1.10 bits per heavy atom. The van der Waals surface area contributed by atoms with Crippen molar-refractivity contribution in [3.8, 4) is 17.0 Å². The Morgan fingerprint density at radius 3 is 2.34 bits per heavy atom. The number of rotatable bonds is 4. The Kier molecular flexibility index (Phi) is 5.46. The highest BCUT2D eigenvalue weighted by molar-refractivity contribution is 5.66. The molecule has 0 fully saturated rings. The molecule has 2 aromatic carbocycles. The van der Waals surface area contributed by atoms with Crippen molar-refractivity contribution in [1.82, 2.24) is 4.57 Å². The van der Waals surface area contributed by atoms with E-state index in [9.17, 15) is 18.0 Å². The number of aryl methyl sites for hydroxylation is 1. The number of hydrogen-bond donors (Lipinski definition) is 0. The van der Waals surface area contributed by atoms with Gasteiger partial charge >= 0.3 is 6.18 Å². The van der Waals surface area contributed by atoms with Crippen molar-refractivity contribution >= 4 is 5.69 Å². The maximum atomic E-state index is 13.5. The monoisotopic (exact) mass is 398 g/mol. The van der Waals surface area contributed by atoms with Crippen LogP contribution in [-0.2, 0) is 12.7 Å². The van der Waals surface area contributed by atoms with Crippen LogP contribution in [0.5, 0.6) is 5.75 Å². The number of benzene rings is 2. The van der Waals surface area contributed by atoms with Crippen LogP contribution in [0, 0.1) is 13.5 Å². The van der Waals surface area contributed by atoms with Crippen molar-refractivity contribution in [2.45, 2.75) is 19.6 Å². The van der Waals surface area contributed by atoms with Gasteiger partial charge in [-0.25, -0.2) is 4.85 Å². The van der Waals surface area contributed by atoms with E-state index < -0.39 is 23.0 Å². The minimum absolute atomic E-state index is 0.0206. The first-order valence-electron chi connectivity index (χ1n) is 8.67. The molecule has 0 saturated carbocycles. The molecule has 0 bridgehead atoms. The minimum Gasteiger partial charge on any atom is -0.497 e. The first-order chi connectivity index (χ1) is 13.7. The van der Waals surface area contributed by atoms with Crippen LogP contribution in [-0.4, -0.2) is 11.7 Å². The third kappa shape index (κ3) is 4.16. The summed E-state index contributed by atoms with van der Waals surface area (Å²) in [5.41, 5.74) is -1.01. The highest BCUT2D eigenvalue weighted by Crippen LogP contribution is 2.37. The fraction of sp³-hybridized carbons (Fsp3) is 0.182. The van der Waals surface area contributed by atoms with Gasteiger partial charge in [0.1, 0.15) is 5.75 Å². The van der Waals surface area contributed by atoms with Gasteiger partial charge in [-0.2, -0.15) is 13.2 Å². The second kappa shape index (κ2) is 7.84. The Labute approximate surface area is 165 Å². The van der Waals surface area contributed by atoms with Crippen LogP contribution in [0.1, 0.15) is 16.7 Å². The third-order valence-corrected chi connectivity index (χ3v) is 4.51. The summed E-state index contributed by atoms with van der Waals surface area (Å²) in [6, 6.07) is 14.6. The van der Waals surface area contributed by atoms with Gasteiger partial charge in [0.25, 0.3) is 11.2 Å². The maximum Gasteiger partial charge on any atom is 0.407 e. The number of methoxy groups -OCH3 is 1. The molecule has 7 heteroatoms.